The molecule has 16 heavy (non-hydrogen) atoms. The molecule has 0 saturated carbocycles. The largest absolute Gasteiger partial charge is 0.303 e. The number of likely N-dealkylation sites (N-methyl/N-ethyl adjacent to an activating group) is 1. The van der Waals surface area contributed by atoms with Crippen molar-refractivity contribution in [1.82, 2.24) is 9.80 Å². The van der Waals surface area contributed by atoms with Gasteiger partial charge in [0.15, 0.2) is 0 Å². The Labute approximate surface area is 99.8 Å². The molecule has 94 valence electrons. The monoisotopic (exact) mass is 226 g/mol. The van der Waals surface area contributed by atoms with Crippen molar-refractivity contribution in [2.24, 2.45) is 5.41 Å². The van der Waals surface area contributed by atoms with E-state index in [4.69, 9.17) is 0 Å². The molecule has 1 aliphatic heterocycles. The Bertz CT molecular complexity index is 226. The lowest BCUT2D eigenvalue weighted by Gasteiger charge is -2.41. The van der Waals surface area contributed by atoms with Gasteiger partial charge in [0, 0.05) is 37.6 Å². The van der Waals surface area contributed by atoms with E-state index in [-0.39, 0.29) is 5.41 Å². The highest BCUT2D eigenvalue weighted by molar-refractivity contribution is 5.59. The third-order valence-electron chi connectivity index (χ3n) is 4.24. The average molecular weight is 226 g/mol. The minimum atomic E-state index is -0.115. The van der Waals surface area contributed by atoms with Gasteiger partial charge in [-0.3, -0.25) is 4.90 Å². The van der Waals surface area contributed by atoms with Crippen molar-refractivity contribution in [2.45, 2.75) is 39.7 Å². The first-order valence-electron chi connectivity index (χ1n) is 6.46. The van der Waals surface area contributed by atoms with Gasteiger partial charge in [0.2, 0.25) is 0 Å². The summed E-state index contributed by atoms with van der Waals surface area (Å²) in [6.07, 6.45) is 3.08. The van der Waals surface area contributed by atoms with Crippen LogP contribution in [0.3, 0.4) is 0 Å². The van der Waals surface area contributed by atoms with Crippen LogP contribution in [0.4, 0.5) is 0 Å². The molecule has 1 heterocycles. The zero-order chi connectivity index (χ0) is 12.2. The fourth-order valence-electron chi connectivity index (χ4n) is 2.39. The predicted octanol–water partition coefficient (Wildman–Crippen LogP) is 1.63. The van der Waals surface area contributed by atoms with Gasteiger partial charge >= 0.3 is 0 Å². The minimum absolute atomic E-state index is 0.115. The summed E-state index contributed by atoms with van der Waals surface area (Å²) in [4.78, 5) is 16.1. The van der Waals surface area contributed by atoms with E-state index < -0.39 is 0 Å². The average Bonchev–Trinajstić information content (AvgIpc) is 2.31. The zero-order valence-electron chi connectivity index (χ0n) is 11.2. The number of hydrogen-bond donors (Lipinski definition) is 0. The number of carbonyl (C=O) groups excluding carboxylic acids is 1. The number of hydrogen-bond acceptors (Lipinski definition) is 3. The van der Waals surface area contributed by atoms with Crippen LogP contribution in [0.1, 0.15) is 33.6 Å². The van der Waals surface area contributed by atoms with Crippen LogP contribution in [-0.4, -0.2) is 55.4 Å². The highest BCUT2D eigenvalue weighted by Gasteiger charge is 2.30. The van der Waals surface area contributed by atoms with Gasteiger partial charge in [0.25, 0.3) is 0 Å². The van der Waals surface area contributed by atoms with Crippen LogP contribution in [0.15, 0.2) is 0 Å². The van der Waals surface area contributed by atoms with Crippen molar-refractivity contribution < 1.29 is 4.79 Å². The summed E-state index contributed by atoms with van der Waals surface area (Å²) in [5.41, 5.74) is -0.115. The highest BCUT2D eigenvalue weighted by Crippen LogP contribution is 2.25. The summed E-state index contributed by atoms with van der Waals surface area (Å²) in [5, 5.41) is 0. The van der Waals surface area contributed by atoms with Crippen molar-refractivity contribution in [3.8, 4) is 0 Å². The summed E-state index contributed by atoms with van der Waals surface area (Å²) < 4.78 is 0. The molecule has 0 aromatic carbocycles. The van der Waals surface area contributed by atoms with E-state index in [0.29, 0.717) is 6.04 Å². The molecule has 0 aliphatic carbocycles. The molecule has 1 fully saturated rings. The van der Waals surface area contributed by atoms with Crippen molar-refractivity contribution in [3.05, 3.63) is 0 Å². The second-order valence-corrected chi connectivity index (χ2v) is 5.25. The first-order valence-corrected chi connectivity index (χ1v) is 6.46. The SMILES string of the molecule is CCC(C=O)(CC)CN1CCN(C)C(C)C1. The van der Waals surface area contributed by atoms with Crippen LogP contribution < -0.4 is 0 Å². The van der Waals surface area contributed by atoms with Crippen LogP contribution in [0.2, 0.25) is 0 Å². The molecule has 1 rings (SSSR count). The Morgan fingerprint density at radius 3 is 2.38 bits per heavy atom. The summed E-state index contributed by atoms with van der Waals surface area (Å²) in [5.74, 6) is 0. The summed E-state index contributed by atoms with van der Waals surface area (Å²) >= 11 is 0. The smallest absolute Gasteiger partial charge is 0.127 e. The number of piperazine rings is 1. The third-order valence-corrected chi connectivity index (χ3v) is 4.24. The Morgan fingerprint density at radius 2 is 1.94 bits per heavy atom. The third kappa shape index (κ3) is 3.05. The quantitative estimate of drug-likeness (QED) is 0.666. The molecule has 0 aromatic rings. The van der Waals surface area contributed by atoms with E-state index in [9.17, 15) is 4.79 Å². The highest BCUT2D eigenvalue weighted by atomic mass is 16.1. The predicted molar refractivity (Wildman–Crippen MR) is 67.6 cm³/mol. The topological polar surface area (TPSA) is 23.6 Å². The number of aldehydes is 1. The Balaban J connectivity index is 2.56. The molecule has 3 heteroatoms. The second-order valence-electron chi connectivity index (χ2n) is 5.25. The van der Waals surface area contributed by atoms with Gasteiger partial charge in [0.1, 0.15) is 6.29 Å². The van der Waals surface area contributed by atoms with E-state index in [0.717, 1.165) is 39.0 Å². The molecule has 1 atom stereocenters. The van der Waals surface area contributed by atoms with Gasteiger partial charge in [0.05, 0.1) is 0 Å². The second kappa shape index (κ2) is 5.78. The van der Waals surface area contributed by atoms with Crippen molar-refractivity contribution in [3.63, 3.8) is 0 Å². The lowest BCUT2D eigenvalue weighted by atomic mass is 9.83. The van der Waals surface area contributed by atoms with Gasteiger partial charge < -0.3 is 9.69 Å². The van der Waals surface area contributed by atoms with Crippen molar-refractivity contribution in [2.75, 3.05) is 33.2 Å². The van der Waals surface area contributed by atoms with Gasteiger partial charge in [-0.15, -0.1) is 0 Å². The molecule has 1 saturated heterocycles. The molecule has 0 bridgehead atoms. The lowest BCUT2D eigenvalue weighted by Crippen LogP contribution is -2.53. The maximum atomic E-state index is 11.3. The van der Waals surface area contributed by atoms with Crippen molar-refractivity contribution >= 4 is 6.29 Å². The Kier molecular flexibility index (Phi) is 4.93. The van der Waals surface area contributed by atoms with Crippen LogP contribution in [-0.2, 0) is 4.79 Å². The number of nitrogens with zero attached hydrogens (tertiary/aromatic N) is 2. The van der Waals surface area contributed by atoms with Crippen LogP contribution in [0.25, 0.3) is 0 Å². The molecule has 0 aromatic heterocycles. The number of carbonyl (C=O) groups is 1. The number of rotatable bonds is 5. The van der Waals surface area contributed by atoms with E-state index in [2.05, 4.69) is 37.6 Å². The molecule has 0 amide bonds. The molecule has 3 nitrogen and oxygen atoms in total. The van der Waals surface area contributed by atoms with Gasteiger partial charge in [-0.1, -0.05) is 13.8 Å². The standard InChI is InChI=1S/C13H26N2O/c1-5-13(6-2,11-16)10-15-8-7-14(4)12(3)9-15/h11-12H,5-10H2,1-4H3. The fraction of sp³-hybridized carbons (Fsp3) is 0.923. The van der Waals surface area contributed by atoms with E-state index >= 15 is 0 Å². The fourth-order valence-corrected chi connectivity index (χ4v) is 2.39. The molecular weight excluding hydrogens is 200 g/mol. The Morgan fingerprint density at radius 1 is 1.31 bits per heavy atom. The first kappa shape index (κ1) is 13.7. The van der Waals surface area contributed by atoms with Gasteiger partial charge in [-0.05, 0) is 26.8 Å². The summed E-state index contributed by atoms with van der Waals surface area (Å²) in [6.45, 7) is 10.7. The Hall–Kier alpha value is -0.410. The molecule has 0 spiro atoms. The molecule has 1 aliphatic rings. The first-order chi connectivity index (χ1) is 7.56. The van der Waals surface area contributed by atoms with E-state index in [1.807, 2.05) is 0 Å². The zero-order valence-corrected chi connectivity index (χ0v) is 11.2. The maximum Gasteiger partial charge on any atom is 0.127 e. The van der Waals surface area contributed by atoms with Gasteiger partial charge in [-0.25, -0.2) is 0 Å². The normalized spacial score (nSPS) is 24.6. The van der Waals surface area contributed by atoms with E-state index in [1.54, 1.807) is 0 Å². The molecule has 0 radical (unpaired) electrons. The van der Waals surface area contributed by atoms with E-state index in [1.165, 1.54) is 6.29 Å². The lowest BCUT2D eigenvalue weighted by molar-refractivity contribution is -0.118. The minimum Gasteiger partial charge on any atom is -0.303 e. The maximum absolute atomic E-state index is 11.3. The summed E-state index contributed by atoms with van der Waals surface area (Å²) in [7, 11) is 2.18. The van der Waals surface area contributed by atoms with Crippen LogP contribution in [0.5, 0.6) is 0 Å². The molecular formula is C13H26N2O. The van der Waals surface area contributed by atoms with Crippen molar-refractivity contribution in [1.29, 1.82) is 0 Å². The molecule has 1 unspecified atom stereocenters. The molecule has 0 N–H and O–H groups in total. The van der Waals surface area contributed by atoms with Gasteiger partial charge in [-0.2, -0.15) is 0 Å². The van der Waals surface area contributed by atoms with Crippen LogP contribution in [0, 0.1) is 5.41 Å². The summed E-state index contributed by atoms with van der Waals surface area (Å²) in [6, 6.07) is 0.604. The van der Waals surface area contributed by atoms with Crippen LogP contribution >= 0.6 is 0 Å².